The van der Waals surface area contributed by atoms with E-state index in [1.165, 1.54) is 12.8 Å². The van der Waals surface area contributed by atoms with Crippen molar-refractivity contribution in [3.05, 3.63) is 30.5 Å². The minimum absolute atomic E-state index is 0.331. The molecule has 4 heteroatoms. The second-order valence-electron chi connectivity index (χ2n) is 5.24. The van der Waals surface area contributed by atoms with E-state index in [4.69, 9.17) is 9.72 Å². The van der Waals surface area contributed by atoms with E-state index in [0.717, 1.165) is 43.0 Å². The molecular weight excluding hydrogens is 250 g/mol. The fourth-order valence-electron chi connectivity index (χ4n) is 2.68. The van der Waals surface area contributed by atoms with Crippen LogP contribution in [-0.2, 0) is 4.74 Å². The summed E-state index contributed by atoms with van der Waals surface area (Å²) in [5, 5.41) is 0. The van der Waals surface area contributed by atoms with Crippen LogP contribution in [0.15, 0.2) is 30.5 Å². The SMILES string of the molecule is CCN(CC1CCCCO1)c1cnc2ccccc2n1. The van der Waals surface area contributed by atoms with Gasteiger partial charge in [0.1, 0.15) is 5.82 Å². The molecule has 0 bridgehead atoms. The van der Waals surface area contributed by atoms with E-state index in [-0.39, 0.29) is 0 Å². The van der Waals surface area contributed by atoms with E-state index < -0.39 is 0 Å². The number of nitrogens with zero attached hydrogens (tertiary/aromatic N) is 3. The molecule has 1 unspecified atom stereocenters. The van der Waals surface area contributed by atoms with Crippen molar-refractivity contribution in [3.8, 4) is 0 Å². The molecule has 2 heterocycles. The molecule has 20 heavy (non-hydrogen) atoms. The largest absolute Gasteiger partial charge is 0.376 e. The zero-order valence-electron chi connectivity index (χ0n) is 12.0. The van der Waals surface area contributed by atoms with Crippen molar-refractivity contribution >= 4 is 16.9 Å². The Labute approximate surface area is 119 Å². The lowest BCUT2D eigenvalue weighted by molar-refractivity contribution is 0.0210. The van der Waals surface area contributed by atoms with Gasteiger partial charge in [0, 0.05) is 19.7 Å². The van der Waals surface area contributed by atoms with Crippen molar-refractivity contribution in [2.45, 2.75) is 32.3 Å². The average molecular weight is 271 g/mol. The van der Waals surface area contributed by atoms with Gasteiger partial charge >= 0.3 is 0 Å². The summed E-state index contributed by atoms with van der Waals surface area (Å²) in [6.07, 6.45) is 5.81. The lowest BCUT2D eigenvalue weighted by Gasteiger charge is -2.29. The van der Waals surface area contributed by atoms with E-state index in [9.17, 15) is 0 Å². The maximum absolute atomic E-state index is 5.83. The predicted molar refractivity (Wildman–Crippen MR) is 81.0 cm³/mol. The first-order valence-corrected chi connectivity index (χ1v) is 7.45. The molecule has 1 aliphatic heterocycles. The van der Waals surface area contributed by atoms with Crippen LogP contribution in [-0.4, -0.2) is 35.8 Å². The fourth-order valence-corrected chi connectivity index (χ4v) is 2.68. The highest BCUT2D eigenvalue weighted by Crippen LogP contribution is 2.19. The summed E-state index contributed by atoms with van der Waals surface area (Å²) in [5.41, 5.74) is 1.90. The van der Waals surface area contributed by atoms with Gasteiger partial charge in [0.25, 0.3) is 0 Å². The first-order valence-electron chi connectivity index (χ1n) is 7.45. The summed E-state index contributed by atoms with van der Waals surface area (Å²) in [6.45, 7) is 4.88. The molecule has 0 saturated carbocycles. The summed E-state index contributed by atoms with van der Waals surface area (Å²) in [4.78, 5) is 11.5. The quantitative estimate of drug-likeness (QED) is 0.856. The van der Waals surface area contributed by atoms with Gasteiger partial charge in [-0.3, -0.25) is 4.98 Å². The Balaban J connectivity index is 1.79. The Hall–Kier alpha value is -1.68. The zero-order valence-corrected chi connectivity index (χ0v) is 12.0. The van der Waals surface area contributed by atoms with E-state index in [2.05, 4.69) is 16.8 Å². The van der Waals surface area contributed by atoms with Crippen LogP contribution >= 0.6 is 0 Å². The van der Waals surface area contributed by atoms with Gasteiger partial charge in [-0.25, -0.2) is 4.98 Å². The molecule has 106 valence electrons. The normalized spacial score (nSPS) is 19.1. The molecule has 3 rings (SSSR count). The molecule has 4 nitrogen and oxygen atoms in total. The van der Waals surface area contributed by atoms with Gasteiger partial charge in [0.2, 0.25) is 0 Å². The molecule has 0 amide bonds. The van der Waals surface area contributed by atoms with Gasteiger partial charge in [0.15, 0.2) is 0 Å². The molecule has 0 N–H and O–H groups in total. The maximum Gasteiger partial charge on any atom is 0.147 e. The summed E-state index contributed by atoms with van der Waals surface area (Å²) < 4.78 is 5.83. The molecule has 1 fully saturated rings. The number of hydrogen-bond acceptors (Lipinski definition) is 4. The molecule has 1 aromatic carbocycles. The number of hydrogen-bond donors (Lipinski definition) is 0. The monoisotopic (exact) mass is 271 g/mol. The van der Waals surface area contributed by atoms with Crippen LogP contribution in [0.3, 0.4) is 0 Å². The molecular formula is C16H21N3O. The van der Waals surface area contributed by atoms with Crippen LogP contribution in [0.25, 0.3) is 11.0 Å². The van der Waals surface area contributed by atoms with Crippen LogP contribution < -0.4 is 4.90 Å². The Morgan fingerprint density at radius 1 is 1.25 bits per heavy atom. The molecule has 1 aliphatic rings. The third-order valence-electron chi connectivity index (χ3n) is 3.84. The average Bonchev–Trinajstić information content (AvgIpc) is 2.53. The van der Waals surface area contributed by atoms with Gasteiger partial charge in [-0.2, -0.15) is 0 Å². The number of aromatic nitrogens is 2. The van der Waals surface area contributed by atoms with Gasteiger partial charge in [-0.15, -0.1) is 0 Å². The number of benzene rings is 1. The second-order valence-corrected chi connectivity index (χ2v) is 5.24. The summed E-state index contributed by atoms with van der Waals surface area (Å²) in [7, 11) is 0. The van der Waals surface area contributed by atoms with Crippen molar-refractivity contribution in [3.63, 3.8) is 0 Å². The van der Waals surface area contributed by atoms with Gasteiger partial charge in [0.05, 0.1) is 23.3 Å². The van der Waals surface area contributed by atoms with Crippen molar-refractivity contribution in [2.24, 2.45) is 0 Å². The number of para-hydroxylation sites is 2. The van der Waals surface area contributed by atoms with E-state index in [1.807, 2.05) is 30.5 Å². The minimum atomic E-state index is 0.331. The van der Waals surface area contributed by atoms with E-state index in [1.54, 1.807) is 0 Å². The van der Waals surface area contributed by atoms with E-state index in [0.29, 0.717) is 6.10 Å². The van der Waals surface area contributed by atoms with Crippen LogP contribution in [0.1, 0.15) is 26.2 Å². The molecule has 0 aliphatic carbocycles. The lowest BCUT2D eigenvalue weighted by atomic mass is 10.1. The Bertz CT molecular complexity index is 566. The lowest BCUT2D eigenvalue weighted by Crippen LogP contribution is -2.36. The number of rotatable bonds is 4. The third kappa shape index (κ3) is 2.90. The highest BCUT2D eigenvalue weighted by molar-refractivity contribution is 5.75. The first-order chi connectivity index (χ1) is 9.86. The van der Waals surface area contributed by atoms with Crippen LogP contribution in [0.5, 0.6) is 0 Å². The fraction of sp³-hybridized carbons (Fsp3) is 0.500. The summed E-state index contributed by atoms with van der Waals surface area (Å²) in [5.74, 6) is 0.945. The van der Waals surface area contributed by atoms with Gasteiger partial charge in [-0.1, -0.05) is 12.1 Å². The number of likely N-dealkylation sites (N-methyl/N-ethyl adjacent to an activating group) is 1. The van der Waals surface area contributed by atoms with Crippen molar-refractivity contribution < 1.29 is 4.74 Å². The van der Waals surface area contributed by atoms with Gasteiger partial charge < -0.3 is 9.64 Å². The van der Waals surface area contributed by atoms with Crippen LogP contribution in [0.2, 0.25) is 0 Å². The van der Waals surface area contributed by atoms with Crippen molar-refractivity contribution in [2.75, 3.05) is 24.6 Å². The molecule has 1 atom stereocenters. The first kappa shape index (κ1) is 13.3. The number of fused-ring (bicyclic) bond motifs is 1. The molecule has 0 radical (unpaired) electrons. The summed E-state index contributed by atoms with van der Waals surface area (Å²) >= 11 is 0. The van der Waals surface area contributed by atoms with E-state index >= 15 is 0 Å². The maximum atomic E-state index is 5.83. The number of anilines is 1. The third-order valence-corrected chi connectivity index (χ3v) is 3.84. The Morgan fingerprint density at radius 3 is 2.85 bits per heavy atom. The predicted octanol–water partition coefficient (Wildman–Crippen LogP) is 3.03. The van der Waals surface area contributed by atoms with Crippen molar-refractivity contribution in [1.82, 2.24) is 9.97 Å². The zero-order chi connectivity index (χ0) is 13.8. The number of ether oxygens (including phenoxy) is 1. The highest BCUT2D eigenvalue weighted by Gasteiger charge is 2.18. The molecule has 1 saturated heterocycles. The summed E-state index contributed by atoms with van der Waals surface area (Å²) in [6, 6.07) is 7.99. The Kier molecular flexibility index (Phi) is 4.11. The smallest absolute Gasteiger partial charge is 0.147 e. The Morgan fingerprint density at radius 2 is 2.10 bits per heavy atom. The van der Waals surface area contributed by atoms with Crippen LogP contribution in [0.4, 0.5) is 5.82 Å². The van der Waals surface area contributed by atoms with Crippen LogP contribution in [0, 0.1) is 0 Å². The minimum Gasteiger partial charge on any atom is -0.376 e. The molecule has 2 aromatic rings. The second kappa shape index (κ2) is 6.18. The molecule has 1 aromatic heterocycles. The topological polar surface area (TPSA) is 38.2 Å². The van der Waals surface area contributed by atoms with Crippen molar-refractivity contribution in [1.29, 1.82) is 0 Å². The molecule has 0 spiro atoms. The standard InChI is InChI=1S/C16H21N3O/c1-2-19(12-13-7-5-6-10-20-13)16-11-17-14-8-3-4-9-15(14)18-16/h3-4,8-9,11,13H,2,5-7,10,12H2,1H3. The highest BCUT2D eigenvalue weighted by atomic mass is 16.5. The van der Waals surface area contributed by atoms with Gasteiger partial charge in [-0.05, 0) is 38.3 Å².